The molecule has 4 rings (SSSR count). The fourth-order valence-electron chi connectivity index (χ4n) is 2.94. The van der Waals surface area contributed by atoms with Crippen LogP contribution in [0.5, 0.6) is 5.75 Å². The zero-order chi connectivity index (χ0) is 22.0. The molecule has 1 saturated heterocycles. The van der Waals surface area contributed by atoms with Gasteiger partial charge in [0.1, 0.15) is 18.2 Å². The predicted octanol–water partition coefficient (Wildman–Crippen LogP) is 6.95. The number of benzene rings is 3. The molecule has 0 aliphatic carbocycles. The molecule has 1 aliphatic rings. The molecule has 0 atom stereocenters. The molecule has 3 aromatic carbocycles. The number of anilines is 1. The SMILES string of the molecule is O=C1S/C(=C/c2ccc(OCc3c(F)cccc3Cl)cc2)C(=O)N1c1cccc(Cl)c1. The summed E-state index contributed by atoms with van der Waals surface area (Å²) in [4.78, 5) is 26.5. The summed E-state index contributed by atoms with van der Waals surface area (Å²) in [6.07, 6.45) is 1.63. The van der Waals surface area contributed by atoms with Gasteiger partial charge in [0.25, 0.3) is 11.1 Å². The van der Waals surface area contributed by atoms with Crippen molar-refractivity contribution < 1.29 is 18.7 Å². The van der Waals surface area contributed by atoms with Crippen molar-refractivity contribution >= 4 is 57.9 Å². The van der Waals surface area contributed by atoms with E-state index >= 15 is 0 Å². The summed E-state index contributed by atoms with van der Waals surface area (Å²) < 4.78 is 19.5. The molecule has 0 bridgehead atoms. The number of imide groups is 1. The van der Waals surface area contributed by atoms with Crippen molar-refractivity contribution in [2.24, 2.45) is 0 Å². The Morgan fingerprint density at radius 3 is 2.45 bits per heavy atom. The maximum atomic E-state index is 13.8. The highest BCUT2D eigenvalue weighted by Gasteiger charge is 2.36. The van der Waals surface area contributed by atoms with Crippen LogP contribution in [-0.2, 0) is 11.4 Å². The van der Waals surface area contributed by atoms with Crippen molar-refractivity contribution in [3.63, 3.8) is 0 Å². The molecule has 8 heteroatoms. The van der Waals surface area contributed by atoms with E-state index in [1.807, 2.05) is 0 Å². The van der Waals surface area contributed by atoms with Gasteiger partial charge in [-0.25, -0.2) is 9.29 Å². The predicted molar refractivity (Wildman–Crippen MR) is 122 cm³/mol. The van der Waals surface area contributed by atoms with Gasteiger partial charge in [0.05, 0.1) is 15.6 Å². The molecule has 1 heterocycles. The molecular weight excluding hydrogens is 460 g/mol. The van der Waals surface area contributed by atoms with Crippen LogP contribution >= 0.6 is 35.0 Å². The highest BCUT2D eigenvalue weighted by atomic mass is 35.5. The van der Waals surface area contributed by atoms with Gasteiger partial charge in [0.15, 0.2) is 0 Å². The molecule has 0 radical (unpaired) electrons. The number of hydrogen-bond acceptors (Lipinski definition) is 4. The van der Waals surface area contributed by atoms with Gasteiger partial charge < -0.3 is 4.74 Å². The Morgan fingerprint density at radius 1 is 1.00 bits per heavy atom. The van der Waals surface area contributed by atoms with Crippen LogP contribution in [0, 0.1) is 5.82 Å². The van der Waals surface area contributed by atoms with Crippen LogP contribution < -0.4 is 9.64 Å². The fourth-order valence-corrected chi connectivity index (χ4v) is 4.19. The lowest BCUT2D eigenvalue weighted by molar-refractivity contribution is -0.113. The maximum absolute atomic E-state index is 13.8. The molecule has 4 nitrogen and oxygen atoms in total. The number of carbonyl (C=O) groups excluding carboxylic acids is 2. The van der Waals surface area contributed by atoms with Crippen molar-refractivity contribution in [3.05, 3.63) is 98.6 Å². The smallest absolute Gasteiger partial charge is 0.298 e. The van der Waals surface area contributed by atoms with Crippen molar-refractivity contribution in [1.82, 2.24) is 0 Å². The van der Waals surface area contributed by atoms with E-state index in [9.17, 15) is 14.0 Å². The Labute approximate surface area is 192 Å². The van der Waals surface area contributed by atoms with Gasteiger partial charge in [-0.15, -0.1) is 0 Å². The van der Waals surface area contributed by atoms with Crippen molar-refractivity contribution in [2.45, 2.75) is 6.61 Å². The van der Waals surface area contributed by atoms with Gasteiger partial charge in [0, 0.05) is 10.6 Å². The van der Waals surface area contributed by atoms with E-state index in [1.165, 1.54) is 12.1 Å². The average Bonchev–Trinajstić information content (AvgIpc) is 3.02. The maximum Gasteiger partial charge on any atom is 0.298 e. The second kappa shape index (κ2) is 9.14. The van der Waals surface area contributed by atoms with Crippen LogP contribution in [0.25, 0.3) is 6.08 Å². The van der Waals surface area contributed by atoms with Crippen LogP contribution in [0.3, 0.4) is 0 Å². The first-order chi connectivity index (χ1) is 14.9. The van der Waals surface area contributed by atoms with Gasteiger partial charge in [-0.1, -0.05) is 47.5 Å². The highest BCUT2D eigenvalue weighted by molar-refractivity contribution is 8.19. The number of nitrogens with zero attached hydrogens (tertiary/aromatic N) is 1. The number of rotatable bonds is 5. The molecule has 0 unspecified atom stereocenters. The van der Waals surface area contributed by atoms with Crippen LogP contribution in [0.4, 0.5) is 14.9 Å². The van der Waals surface area contributed by atoms with Crippen LogP contribution in [-0.4, -0.2) is 11.1 Å². The Kier molecular flexibility index (Phi) is 6.32. The van der Waals surface area contributed by atoms with E-state index in [1.54, 1.807) is 60.7 Å². The van der Waals surface area contributed by atoms with Gasteiger partial charge in [0.2, 0.25) is 0 Å². The van der Waals surface area contributed by atoms with E-state index in [0.717, 1.165) is 16.7 Å². The fraction of sp³-hybridized carbons (Fsp3) is 0.0435. The quantitative estimate of drug-likeness (QED) is 0.376. The number of carbonyl (C=O) groups is 2. The molecular formula is C23H14Cl2FNO3S. The van der Waals surface area contributed by atoms with Crippen molar-refractivity contribution in [2.75, 3.05) is 4.90 Å². The number of halogens is 3. The van der Waals surface area contributed by atoms with Crippen LogP contribution in [0.2, 0.25) is 10.0 Å². The van der Waals surface area contributed by atoms with Crippen molar-refractivity contribution in [1.29, 1.82) is 0 Å². The summed E-state index contributed by atoms with van der Waals surface area (Å²) in [5, 5.41) is 0.347. The molecule has 0 spiro atoms. The molecule has 2 amide bonds. The summed E-state index contributed by atoms with van der Waals surface area (Å²) in [7, 11) is 0. The lowest BCUT2D eigenvalue weighted by Crippen LogP contribution is -2.27. The van der Waals surface area contributed by atoms with E-state index < -0.39 is 11.7 Å². The summed E-state index contributed by atoms with van der Waals surface area (Å²) in [5.41, 5.74) is 1.42. The summed E-state index contributed by atoms with van der Waals surface area (Å²) in [5.74, 6) is -0.324. The van der Waals surface area contributed by atoms with E-state index in [-0.39, 0.29) is 17.4 Å². The minimum Gasteiger partial charge on any atom is -0.489 e. The number of hydrogen-bond donors (Lipinski definition) is 0. The largest absolute Gasteiger partial charge is 0.489 e. The zero-order valence-electron chi connectivity index (χ0n) is 15.8. The summed E-state index contributed by atoms with van der Waals surface area (Å²) in [6.45, 7) is -0.0105. The summed E-state index contributed by atoms with van der Waals surface area (Å²) >= 11 is 12.8. The average molecular weight is 474 g/mol. The monoisotopic (exact) mass is 473 g/mol. The topological polar surface area (TPSA) is 46.6 Å². The molecule has 0 aromatic heterocycles. The molecule has 3 aromatic rings. The van der Waals surface area contributed by atoms with Crippen LogP contribution in [0.1, 0.15) is 11.1 Å². The zero-order valence-corrected chi connectivity index (χ0v) is 18.2. The molecule has 0 saturated carbocycles. The number of amides is 2. The number of ether oxygens (including phenoxy) is 1. The van der Waals surface area contributed by atoms with E-state index in [2.05, 4.69) is 0 Å². The third-order valence-corrected chi connectivity index (χ3v) is 5.94. The molecule has 156 valence electrons. The third-order valence-electron chi connectivity index (χ3n) is 4.48. The standard InChI is InChI=1S/C23H14Cl2FNO3S/c24-15-3-1-4-16(12-15)27-22(28)21(31-23(27)29)11-14-7-9-17(10-8-14)30-13-18-19(25)5-2-6-20(18)26/h1-12H,13H2/b21-11+. The Bertz CT molecular complexity index is 1180. The molecule has 0 N–H and O–H groups in total. The second-order valence-electron chi connectivity index (χ2n) is 6.55. The first-order valence-electron chi connectivity index (χ1n) is 9.11. The molecule has 1 aliphatic heterocycles. The van der Waals surface area contributed by atoms with Crippen LogP contribution in [0.15, 0.2) is 71.6 Å². The van der Waals surface area contributed by atoms with Crippen molar-refractivity contribution in [3.8, 4) is 5.75 Å². The minimum absolute atomic E-state index is 0.0105. The molecule has 1 fully saturated rings. The number of thioether (sulfide) groups is 1. The highest BCUT2D eigenvalue weighted by Crippen LogP contribution is 2.36. The lowest BCUT2D eigenvalue weighted by atomic mass is 10.2. The Hall–Kier alpha value is -2.80. The van der Waals surface area contributed by atoms with Gasteiger partial charge >= 0.3 is 0 Å². The Balaban J connectivity index is 1.47. The van der Waals surface area contributed by atoms with E-state index in [0.29, 0.717) is 32.0 Å². The van der Waals surface area contributed by atoms with Gasteiger partial charge in [-0.05, 0) is 65.9 Å². The molecule has 31 heavy (non-hydrogen) atoms. The third kappa shape index (κ3) is 4.77. The Morgan fingerprint density at radius 2 is 1.74 bits per heavy atom. The van der Waals surface area contributed by atoms with E-state index in [4.69, 9.17) is 27.9 Å². The second-order valence-corrected chi connectivity index (χ2v) is 8.39. The summed E-state index contributed by atoms with van der Waals surface area (Å²) in [6, 6.07) is 17.9. The normalized spacial score (nSPS) is 15.1. The lowest BCUT2D eigenvalue weighted by Gasteiger charge is -2.12. The van der Waals surface area contributed by atoms with Gasteiger partial charge in [-0.2, -0.15) is 0 Å². The minimum atomic E-state index is -0.431. The first-order valence-corrected chi connectivity index (χ1v) is 10.7. The van der Waals surface area contributed by atoms with Gasteiger partial charge in [-0.3, -0.25) is 9.59 Å². The first kappa shape index (κ1) is 21.4.